The average Bonchev–Trinajstić information content (AvgIpc) is 3.32. The number of rotatable bonds is 7. The van der Waals surface area contributed by atoms with Gasteiger partial charge in [-0.05, 0) is 55.4 Å². The average molecular weight is 356 g/mol. The summed E-state index contributed by atoms with van der Waals surface area (Å²) in [6, 6.07) is 6.07. The van der Waals surface area contributed by atoms with Crippen LogP contribution in [0.25, 0.3) is 0 Å². The summed E-state index contributed by atoms with van der Waals surface area (Å²) < 4.78 is 17.4. The maximum atomic E-state index is 6.28. The molecule has 2 aromatic heterocycles. The SMILES string of the molecule is c1cc(COCCC2CCOC23CCN(Cc2ccoc2)CC3)ccn1. The monoisotopic (exact) mass is 356 g/mol. The molecule has 5 heteroatoms. The predicted molar refractivity (Wildman–Crippen MR) is 98.5 cm³/mol. The van der Waals surface area contributed by atoms with Gasteiger partial charge in [-0.2, -0.15) is 0 Å². The zero-order valence-electron chi connectivity index (χ0n) is 15.3. The molecule has 5 nitrogen and oxygen atoms in total. The van der Waals surface area contributed by atoms with Crippen molar-refractivity contribution < 1.29 is 13.9 Å². The van der Waals surface area contributed by atoms with Crippen molar-refractivity contribution in [3.63, 3.8) is 0 Å². The van der Waals surface area contributed by atoms with Gasteiger partial charge in [0.25, 0.3) is 0 Å². The number of piperidine rings is 1. The van der Waals surface area contributed by atoms with Crippen LogP contribution in [0.15, 0.2) is 47.5 Å². The standard InChI is InChI=1S/C21H28N2O3/c1-8-22-9-2-18(1)16-25-13-4-20-5-14-26-21(20)6-10-23(11-7-21)15-19-3-12-24-17-19/h1-3,8-9,12,17,20H,4-7,10-11,13-16H2. The van der Waals surface area contributed by atoms with Crippen LogP contribution in [0, 0.1) is 5.92 Å². The molecule has 1 spiro atoms. The molecule has 0 saturated carbocycles. The van der Waals surface area contributed by atoms with Gasteiger partial charge >= 0.3 is 0 Å². The summed E-state index contributed by atoms with van der Waals surface area (Å²) in [5.41, 5.74) is 2.52. The lowest BCUT2D eigenvalue weighted by Crippen LogP contribution is -2.47. The number of furan rings is 1. The molecule has 1 unspecified atom stereocenters. The molecule has 2 saturated heterocycles. The van der Waals surface area contributed by atoms with E-state index in [1.54, 1.807) is 6.26 Å². The lowest BCUT2D eigenvalue weighted by Gasteiger charge is -2.42. The Morgan fingerprint density at radius 1 is 1.15 bits per heavy atom. The van der Waals surface area contributed by atoms with E-state index in [9.17, 15) is 0 Å². The highest BCUT2D eigenvalue weighted by molar-refractivity contribution is 5.08. The molecule has 2 aliphatic rings. The van der Waals surface area contributed by atoms with Gasteiger partial charge in [0.2, 0.25) is 0 Å². The maximum absolute atomic E-state index is 6.28. The van der Waals surface area contributed by atoms with Crippen LogP contribution in [-0.4, -0.2) is 41.8 Å². The molecule has 0 radical (unpaired) electrons. The van der Waals surface area contributed by atoms with Crippen molar-refractivity contribution in [1.82, 2.24) is 9.88 Å². The molecule has 0 aromatic carbocycles. The Bertz CT molecular complexity index is 651. The molecule has 0 N–H and O–H groups in total. The summed E-state index contributed by atoms with van der Waals surface area (Å²) in [4.78, 5) is 6.55. The zero-order chi connectivity index (χ0) is 17.7. The molecule has 140 valence electrons. The molecular weight excluding hydrogens is 328 g/mol. The third kappa shape index (κ3) is 4.17. The van der Waals surface area contributed by atoms with Crippen LogP contribution in [-0.2, 0) is 22.6 Å². The van der Waals surface area contributed by atoms with Gasteiger partial charge in [0, 0.05) is 50.8 Å². The minimum Gasteiger partial charge on any atom is -0.472 e. The Morgan fingerprint density at radius 2 is 2.00 bits per heavy atom. The van der Waals surface area contributed by atoms with E-state index < -0.39 is 0 Å². The van der Waals surface area contributed by atoms with Gasteiger partial charge in [-0.1, -0.05) is 0 Å². The fourth-order valence-corrected chi connectivity index (χ4v) is 4.37. The molecule has 0 aliphatic carbocycles. The van der Waals surface area contributed by atoms with E-state index in [-0.39, 0.29) is 5.60 Å². The first kappa shape index (κ1) is 17.7. The van der Waals surface area contributed by atoms with Crippen molar-refractivity contribution in [1.29, 1.82) is 0 Å². The van der Waals surface area contributed by atoms with Crippen LogP contribution in [0.3, 0.4) is 0 Å². The Kier molecular flexibility index (Phi) is 5.68. The van der Waals surface area contributed by atoms with Gasteiger partial charge in [0.1, 0.15) is 0 Å². The molecule has 26 heavy (non-hydrogen) atoms. The highest BCUT2D eigenvalue weighted by Gasteiger charge is 2.45. The molecular formula is C21H28N2O3. The third-order valence-corrected chi connectivity index (χ3v) is 5.92. The van der Waals surface area contributed by atoms with Gasteiger partial charge in [0.05, 0.1) is 24.7 Å². The van der Waals surface area contributed by atoms with Gasteiger partial charge in [0.15, 0.2) is 0 Å². The van der Waals surface area contributed by atoms with E-state index in [0.717, 1.165) is 52.1 Å². The van der Waals surface area contributed by atoms with Crippen molar-refractivity contribution in [2.24, 2.45) is 5.92 Å². The Balaban J connectivity index is 1.23. The van der Waals surface area contributed by atoms with Crippen molar-refractivity contribution >= 4 is 0 Å². The molecule has 1 atom stereocenters. The number of pyridine rings is 1. The van der Waals surface area contributed by atoms with Gasteiger partial charge < -0.3 is 13.9 Å². The molecule has 0 bridgehead atoms. The van der Waals surface area contributed by atoms with Crippen LogP contribution in [0.5, 0.6) is 0 Å². The van der Waals surface area contributed by atoms with Crippen molar-refractivity contribution in [3.05, 3.63) is 54.2 Å². The minimum absolute atomic E-state index is 0.0763. The second-order valence-electron chi connectivity index (χ2n) is 7.50. The van der Waals surface area contributed by atoms with Crippen molar-refractivity contribution in [2.45, 2.75) is 44.4 Å². The lowest BCUT2D eigenvalue weighted by molar-refractivity contribution is -0.0733. The maximum Gasteiger partial charge on any atom is 0.0947 e. The molecule has 2 aromatic rings. The number of ether oxygens (including phenoxy) is 2. The van der Waals surface area contributed by atoms with E-state index >= 15 is 0 Å². The van der Waals surface area contributed by atoms with Crippen LogP contribution >= 0.6 is 0 Å². The fourth-order valence-electron chi connectivity index (χ4n) is 4.37. The van der Waals surface area contributed by atoms with E-state index in [4.69, 9.17) is 13.9 Å². The summed E-state index contributed by atoms with van der Waals surface area (Å²) in [7, 11) is 0. The highest BCUT2D eigenvalue weighted by atomic mass is 16.5. The third-order valence-electron chi connectivity index (χ3n) is 5.92. The van der Waals surface area contributed by atoms with Gasteiger partial charge in [-0.3, -0.25) is 9.88 Å². The molecule has 2 aliphatic heterocycles. The zero-order valence-corrected chi connectivity index (χ0v) is 15.3. The van der Waals surface area contributed by atoms with E-state index in [1.807, 2.05) is 30.8 Å². The minimum atomic E-state index is 0.0763. The van der Waals surface area contributed by atoms with Crippen LogP contribution < -0.4 is 0 Å². The first-order chi connectivity index (χ1) is 12.8. The van der Waals surface area contributed by atoms with E-state index in [2.05, 4.69) is 16.0 Å². The number of hydrogen-bond acceptors (Lipinski definition) is 5. The van der Waals surface area contributed by atoms with Crippen LogP contribution in [0.1, 0.15) is 36.8 Å². The molecule has 4 rings (SSSR count). The first-order valence-corrected chi connectivity index (χ1v) is 9.68. The smallest absolute Gasteiger partial charge is 0.0947 e. The normalized spacial score (nSPS) is 22.8. The number of nitrogens with zero attached hydrogens (tertiary/aromatic N) is 2. The highest BCUT2D eigenvalue weighted by Crippen LogP contribution is 2.42. The second-order valence-corrected chi connectivity index (χ2v) is 7.50. The lowest BCUT2D eigenvalue weighted by atomic mass is 9.78. The number of likely N-dealkylation sites (tertiary alicyclic amines) is 1. The summed E-state index contributed by atoms with van der Waals surface area (Å²) >= 11 is 0. The Hall–Kier alpha value is -1.69. The van der Waals surface area contributed by atoms with E-state index in [1.165, 1.54) is 17.5 Å². The molecule has 0 amide bonds. The van der Waals surface area contributed by atoms with Gasteiger partial charge in [-0.15, -0.1) is 0 Å². The van der Waals surface area contributed by atoms with E-state index in [0.29, 0.717) is 12.5 Å². The van der Waals surface area contributed by atoms with Crippen molar-refractivity contribution in [3.8, 4) is 0 Å². The van der Waals surface area contributed by atoms with Gasteiger partial charge in [-0.25, -0.2) is 0 Å². The first-order valence-electron chi connectivity index (χ1n) is 9.68. The summed E-state index contributed by atoms with van der Waals surface area (Å²) in [6.45, 7) is 5.54. The molecule has 4 heterocycles. The van der Waals surface area contributed by atoms with Crippen molar-refractivity contribution in [2.75, 3.05) is 26.3 Å². The fraction of sp³-hybridized carbons (Fsp3) is 0.571. The number of hydrogen-bond donors (Lipinski definition) is 0. The van der Waals surface area contributed by atoms with Crippen LogP contribution in [0.2, 0.25) is 0 Å². The number of aromatic nitrogens is 1. The topological polar surface area (TPSA) is 47.7 Å². The molecule has 2 fully saturated rings. The van der Waals surface area contributed by atoms with Crippen LogP contribution in [0.4, 0.5) is 0 Å². The summed E-state index contributed by atoms with van der Waals surface area (Å²) in [5.74, 6) is 0.621. The Labute approximate surface area is 155 Å². The summed E-state index contributed by atoms with van der Waals surface area (Å²) in [6.07, 6.45) is 11.7. The summed E-state index contributed by atoms with van der Waals surface area (Å²) in [5, 5.41) is 0. The second kappa shape index (κ2) is 8.33. The largest absolute Gasteiger partial charge is 0.472 e. The quantitative estimate of drug-likeness (QED) is 0.709. The Morgan fingerprint density at radius 3 is 2.77 bits per heavy atom. The predicted octanol–water partition coefficient (Wildman–Crippen LogP) is 3.65.